The van der Waals surface area contributed by atoms with Crippen molar-refractivity contribution in [3.8, 4) is 22.8 Å². The third kappa shape index (κ3) is 3.67. The lowest BCUT2D eigenvalue weighted by Crippen LogP contribution is -2.29. The number of nitrogens with zero attached hydrogens (tertiary/aromatic N) is 3. The van der Waals surface area contributed by atoms with Crippen molar-refractivity contribution in [3.63, 3.8) is 0 Å². The number of rotatable bonds is 5. The molecule has 2 aliphatic rings. The summed E-state index contributed by atoms with van der Waals surface area (Å²) in [6, 6.07) is 10.1. The van der Waals surface area contributed by atoms with Crippen LogP contribution in [0.1, 0.15) is 30.1 Å². The molecule has 3 heterocycles. The van der Waals surface area contributed by atoms with Gasteiger partial charge in [-0.15, -0.1) is 0 Å². The molecular formula is C26H22FN3O4. The number of ether oxygens (including phenoxy) is 2. The molecule has 8 heteroatoms. The first-order chi connectivity index (χ1) is 16.5. The molecule has 0 saturated carbocycles. The van der Waals surface area contributed by atoms with Crippen molar-refractivity contribution in [1.29, 1.82) is 0 Å². The Morgan fingerprint density at radius 3 is 2.74 bits per heavy atom. The minimum atomic E-state index is -1.05. The second-order valence-electron chi connectivity index (χ2n) is 7.93. The number of hydrogen-bond acceptors (Lipinski definition) is 6. The van der Waals surface area contributed by atoms with Gasteiger partial charge in [-0.3, -0.25) is 0 Å². The van der Waals surface area contributed by atoms with Crippen LogP contribution < -0.4 is 14.4 Å². The van der Waals surface area contributed by atoms with Gasteiger partial charge in [0, 0.05) is 23.4 Å². The van der Waals surface area contributed by atoms with E-state index in [1.165, 1.54) is 18.2 Å². The number of fused-ring (bicyclic) bond motifs is 2. The van der Waals surface area contributed by atoms with Crippen molar-refractivity contribution in [1.82, 2.24) is 9.97 Å². The van der Waals surface area contributed by atoms with Crippen molar-refractivity contribution in [2.75, 3.05) is 18.2 Å². The number of halogens is 1. The van der Waals surface area contributed by atoms with E-state index in [0.717, 1.165) is 5.56 Å². The lowest BCUT2D eigenvalue weighted by atomic mass is 9.99. The van der Waals surface area contributed by atoms with Gasteiger partial charge in [0.05, 0.1) is 16.6 Å². The molecule has 34 heavy (non-hydrogen) atoms. The summed E-state index contributed by atoms with van der Waals surface area (Å²) in [5.74, 6) is 0.390. The first-order valence-electron chi connectivity index (χ1n) is 10.9. The summed E-state index contributed by atoms with van der Waals surface area (Å²) in [7, 11) is 0. The van der Waals surface area contributed by atoms with E-state index >= 15 is 0 Å². The first kappa shape index (κ1) is 21.6. The molecule has 0 saturated heterocycles. The molecule has 3 aromatic rings. The number of carboxylic acid groups (broad SMARTS) is 1. The molecule has 7 nitrogen and oxygen atoms in total. The maximum absolute atomic E-state index is 14.7. The Bertz CT molecular complexity index is 1400. The Labute approximate surface area is 195 Å². The molecule has 172 valence electrons. The van der Waals surface area contributed by atoms with E-state index in [-0.39, 0.29) is 18.2 Å². The van der Waals surface area contributed by atoms with Crippen LogP contribution in [0, 0.1) is 0 Å². The Kier molecular flexibility index (Phi) is 5.49. The Hall–Kier alpha value is -4.20. The summed E-state index contributed by atoms with van der Waals surface area (Å²) >= 11 is 0. The van der Waals surface area contributed by atoms with Gasteiger partial charge in [-0.2, -0.15) is 0 Å². The van der Waals surface area contributed by atoms with Gasteiger partial charge in [-0.1, -0.05) is 12.7 Å². The van der Waals surface area contributed by atoms with Crippen LogP contribution in [-0.4, -0.2) is 34.4 Å². The van der Waals surface area contributed by atoms with E-state index in [4.69, 9.17) is 19.4 Å². The summed E-state index contributed by atoms with van der Waals surface area (Å²) in [5, 5.41) is 9.43. The SMILES string of the molecule is C=CC1=C(C(F)=CC)CCCN1c1nc2cc(C(=O)O)ccc2nc1-c1ccc2c(c1)OCO2. The molecule has 1 N–H and O–H groups in total. The van der Waals surface area contributed by atoms with E-state index in [9.17, 15) is 14.3 Å². The van der Waals surface area contributed by atoms with Crippen LogP contribution in [0.5, 0.6) is 11.5 Å². The minimum Gasteiger partial charge on any atom is -0.478 e. The predicted molar refractivity (Wildman–Crippen MR) is 127 cm³/mol. The van der Waals surface area contributed by atoms with Gasteiger partial charge in [0.25, 0.3) is 0 Å². The van der Waals surface area contributed by atoms with Gasteiger partial charge < -0.3 is 19.5 Å². The smallest absolute Gasteiger partial charge is 0.335 e. The first-order valence-corrected chi connectivity index (χ1v) is 10.9. The van der Waals surface area contributed by atoms with Gasteiger partial charge in [-0.05, 0) is 62.2 Å². The maximum atomic E-state index is 14.7. The molecule has 2 aromatic carbocycles. The summed E-state index contributed by atoms with van der Waals surface area (Å²) < 4.78 is 25.7. The topological polar surface area (TPSA) is 84.8 Å². The lowest BCUT2D eigenvalue weighted by molar-refractivity contribution is 0.0697. The van der Waals surface area contributed by atoms with Gasteiger partial charge in [-0.25, -0.2) is 19.2 Å². The van der Waals surface area contributed by atoms with Crippen LogP contribution in [0.3, 0.4) is 0 Å². The molecule has 0 unspecified atom stereocenters. The number of carboxylic acids is 1. The zero-order chi connectivity index (χ0) is 23.8. The molecule has 0 amide bonds. The molecule has 0 aliphatic carbocycles. The number of hydrogen-bond donors (Lipinski definition) is 1. The second kappa shape index (κ2) is 8.62. The van der Waals surface area contributed by atoms with Gasteiger partial charge in [0.2, 0.25) is 6.79 Å². The van der Waals surface area contributed by atoms with Crippen LogP contribution in [0.2, 0.25) is 0 Å². The highest BCUT2D eigenvalue weighted by molar-refractivity contribution is 5.93. The highest BCUT2D eigenvalue weighted by Crippen LogP contribution is 2.41. The molecule has 0 atom stereocenters. The molecule has 2 aliphatic heterocycles. The van der Waals surface area contributed by atoms with E-state index in [1.807, 2.05) is 23.1 Å². The summed E-state index contributed by atoms with van der Waals surface area (Å²) in [4.78, 5) is 23.1. The third-order valence-electron chi connectivity index (χ3n) is 5.94. The van der Waals surface area contributed by atoms with Crippen LogP contribution in [-0.2, 0) is 0 Å². The average Bonchev–Trinajstić information content (AvgIpc) is 3.34. The highest BCUT2D eigenvalue weighted by atomic mass is 19.1. The largest absolute Gasteiger partial charge is 0.478 e. The van der Waals surface area contributed by atoms with E-state index in [2.05, 4.69) is 6.58 Å². The average molecular weight is 459 g/mol. The van der Waals surface area contributed by atoms with Crippen LogP contribution in [0.15, 0.2) is 72.2 Å². The number of aromatic nitrogens is 2. The molecule has 0 fully saturated rings. The highest BCUT2D eigenvalue weighted by Gasteiger charge is 2.27. The minimum absolute atomic E-state index is 0.113. The van der Waals surface area contributed by atoms with E-state index in [1.54, 1.807) is 19.1 Å². The third-order valence-corrected chi connectivity index (χ3v) is 5.94. The van der Waals surface area contributed by atoms with E-state index in [0.29, 0.717) is 64.7 Å². The fraction of sp³-hybridized carbons (Fsp3) is 0.192. The van der Waals surface area contributed by atoms with Crippen molar-refractivity contribution in [2.24, 2.45) is 0 Å². The fourth-order valence-electron chi connectivity index (χ4n) is 4.30. The van der Waals surface area contributed by atoms with Crippen LogP contribution in [0.25, 0.3) is 22.3 Å². The second-order valence-corrected chi connectivity index (χ2v) is 7.93. The Morgan fingerprint density at radius 1 is 1.15 bits per heavy atom. The van der Waals surface area contributed by atoms with Crippen molar-refractivity contribution < 1.29 is 23.8 Å². The van der Waals surface area contributed by atoms with Gasteiger partial charge in [0.1, 0.15) is 11.5 Å². The van der Waals surface area contributed by atoms with Crippen LogP contribution >= 0.6 is 0 Å². The Morgan fingerprint density at radius 2 is 1.97 bits per heavy atom. The van der Waals surface area contributed by atoms with Crippen molar-refractivity contribution in [3.05, 3.63) is 77.8 Å². The summed E-state index contributed by atoms with van der Waals surface area (Å²) in [6.45, 7) is 6.31. The van der Waals surface area contributed by atoms with Crippen molar-refractivity contribution in [2.45, 2.75) is 19.8 Å². The molecule has 0 spiro atoms. The molecule has 1 aromatic heterocycles. The lowest BCUT2D eigenvalue weighted by Gasteiger charge is -2.32. The van der Waals surface area contributed by atoms with Crippen molar-refractivity contribution >= 4 is 22.8 Å². The van der Waals surface area contributed by atoms with E-state index < -0.39 is 5.97 Å². The van der Waals surface area contributed by atoms with Gasteiger partial charge >= 0.3 is 5.97 Å². The number of carbonyl (C=O) groups is 1. The Balaban J connectivity index is 1.76. The maximum Gasteiger partial charge on any atom is 0.335 e. The number of allylic oxidation sites excluding steroid dienone is 4. The molecular weight excluding hydrogens is 437 g/mol. The number of aromatic carboxylic acids is 1. The molecule has 5 rings (SSSR count). The summed E-state index contributed by atoms with van der Waals surface area (Å²) in [6.07, 6.45) is 4.35. The zero-order valence-corrected chi connectivity index (χ0v) is 18.5. The molecule has 0 radical (unpaired) electrons. The number of anilines is 1. The van der Waals surface area contributed by atoms with Crippen LogP contribution in [0.4, 0.5) is 10.2 Å². The normalized spacial score (nSPS) is 15.7. The zero-order valence-electron chi connectivity index (χ0n) is 18.5. The number of benzene rings is 2. The quantitative estimate of drug-likeness (QED) is 0.529. The fourth-order valence-corrected chi connectivity index (χ4v) is 4.30. The standard InChI is InChI=1S/C26H22FN3O4/c1-3-18(27)17-6-5-11-30(21(17)4-2)25-24(15-8-10-22-23(13-15)34-14-33-22)28-19-9-7-16(26(31)32)12-20(19)29-25/h3-4,7-10,12-13H,2,5-6,11,14H2,1H3,(H,31,32). The predicted octanol–water partition coefficient (Wildman–Crippen LogP) is 5.64. The van der Waals surface area contributed by atoms with Gasteiger partial charge in [0.15, 0.2) is 17.3 Å². The molecule has 0 bridgehead atoms. The summed E-state index contributed by atoms with van der Waals surface area (Å²) in [5.41, 5.74) is 3.58. The monoisotopic (exact) mass is 459 g/mol.